The fourth-order valence-electron chi connectivity index (χ4n) is 4.32. The van der Waals surface area contributed by atoms with Crippen LogP contribution in [0.25, 0.3) is 22.0 Å². The van der Waals surface area contributed by atoms with E-state index in [1.54, 1.807) is 60.8 Å². The van der Waals surface area contributed by atoms with Crippen LogP contribution in [-0.2, 0) is 20.0 Å². The fraction of sp³-hybridized carbons (Fsp3) is 0.160. The van der Waals surface area contributed by atoms with Gasteiger partial charge < -0.3 is 5.11 Å². The summed E-state index contributed by atoms with van der Waals surface area (Å²) in [6.07, 6.45) is 1.55. The van der Waals surface area contributed by atoms with Crippen molar-refractivity contribution in [2.45, 2.75) is 9.79 Å². The summed E-state index contributed by atoms with van der Waals surface area (Å²) in [5, 5.41) is 10.6. The highest BCUT2D eigenvalue weighted by atomic mass is 32.2. The number of aromatic hydroxyl groups is 1. The van der Waals surface area contributed by atoms with Gasteiger partial charge in [-0.1, -0.05) is 48.5 Å². The van der Waals surface area contributed by atoms with Gasteiger partial charge in [-0.2, -0.15) is 8.61 Å². The smallest absolute Gasteiger partial charge is 0.245 e. The van der Waals surface area contributed by atoms with Gasteiger partial charge in [0.15, 0.2) is 0 Å². The number of piperazine rings is 1. The lowest BCUT2D eigenvalue weighted by Crippen LogP contribution is -2.50. The van der Waals surface area contributed by atoms with Gasteiger partial charge in [0.25, 0.3) is 0 Å². The molecule has 5 rings (SSSR count). The van der Waals surface area contributed by atoms with Crippen molar-refractivity contribution < 1.29 is 21.9 Å². The van der Waals surface area contributed by atoms with Crippen LogP contribution in [0.3, 0.4) is 0 Å². The lowest BCUT2D eigenvalue weighted by atomic mass is 10.1. The second kappa shape index (κ2) is 9.04. The first-order valence-corrected chi connectivity index (χ1v) is 13.9. The molecule has 1 fully saturated rings. The molecule has 0 aliphatic carbocycles. The Morgan fingerprint density at radius 2 is 1.29 bits per heavy atom. The van der Waals surface area contributed by atoms with Crippen molar-refractivity contribution >= 4 is 30.9 Å². The first-order chi connectivity index (χ1) is 16.8. The van der Waals surface area contributed by atoms with Gasteiger partial charge in [-0.15, -0.1) is 0 Å². The highest BCUT2D eigenvalue weighted by molar-refractivity contribution is 7.89. The van der Waals surface area contributed by atoms with E-state index in [0.29, 0.717) is 16.6 Å². The van der Waals surface area contributed by atoms with Gasteiger partial charge in [0, 0.05) is 43.3 Å². The SMILES string of the molecule is O=S(=O)(c1ccccc1-c1cccc(O)c1)N1CCN(S(=O)(=O)c2cccc3cccnc23)CC1. The molecule has 1 N–H and O–H groups in total. The van der Waals surface area contributed by atoms with Crippen LogP contribution in [0.15, 0.2) is 94.9 Å². The Bertz CT molecular complexity index is 1610. The van der Waals surface area contributed by atoms with Crippen molar-refractivity contribution in [3.63, 3.8) is 0 Å². The number of phenolic OH excluding ortho intramolecular Hbond substituents is 1. The van der Waals surface area contributed by atoms with Crippen molar-refractivity contribution in [3.8, 4) is 16.9 Å². The van der Waals surface area contributed by atoms with Crippen LogP contribution < -0.4 is 0 Å². The molecule has 0 radical (unpaired) electrons. The van der Waals surface area contributed by atoms with E-state index in [2.05, 4.69) is 4.98 Å². The van der Waals surface area contributed by atoms with Gasteiger partial charge >= 0.3 is 0 Å². The Kier molecular flexibility index (Phi) is 6.06. The van der Waals surface area contributed by atoms with Gasteiger partial charge in [-0.05, 0) is 35.9 Å². The maximum Gasteiger partial charge on any atom is 0.245 e. The number of pyridine rings is 1. The number of benzene rings is 3. The molecule has 35 heavy (non-hydrogen) atoms. The number of fused-ring (bicyclic) bond motifs is 1. The molecule has 2 heterocycles. The molecule has 8 nitrogen and oxygen atoms in total. The third-order valence-electron chi connectivity index (χ3n) is 6.07. The number of para-hydroxylation sites is 1. The quantitative estimate of drug-likeness (QED) is 0.442. The van der Waals surface area contributed by atoms with Crippen LogP contribution in [0.1, 0.15) is 0 Å². The summed E-state index contributed by atoms with van der Waals surface area (Å²) >= 11 is 0. The van der Waals surface area contributed by atoms with Crippen LogP contribution in [0.2, 0.25) is 0 Å². The number of hydrogen-bond acceptors (Lipinski definition) is 6. The third kappa shape index (κ3) is 4.30. The highest BCUT2D eigenvalue weighted by Gasteiger charge is 2.35. The van der Waals surface area contributed by atoms with E-state index >= 15 is 0 Å². The van der Waals surface area contributed by atoms with Crippen molar-refractivity contribution in [1.29, 1.82) is 0 Å². The predicted octanol–water partition coefficient (Wildman–Crippen LogP) is 3.30. The average Bonchev–Trinajstić information content (AvgIpc) is 2.88. The molecule has 0 saturated carbocycles. The summed E-state index contributed by atoms with van der Waals surface area (Å²) in [5.41, 5.74) is 1.44. The summed E-state index contributed by atoms with van der Waals surface area (Å²) in [6.45, 7) is 0.0976. The average molecular weight is 510 g/mol. The van der Waals surface area contributed by atoms with Crippen LogP contribution in [0, 0.1) is 0 Å². The Labute approximate surface area is 204 Å². The zero-order valence-corrected chi connectivity index (χ0v) is 20.3. The summed E-state index contributed by atoms with van der Waals surface area (Å²) in [7, 11) is -7.76. The second-order valence-corrected chi connectivity index (χ2v) is 12.0. The van der Waals surface area contributed by atoms with E-state index in [1.807, 2.05) is 0 Å². The molecular formula is C25H23N3O5S2. The topological polar surface area (TPSA) is 108 Å². The monoisotopic (exact) mass is 509 g/mol. The molecular weight excluding hydrogens is 486 g/mol. The van der Waals surface area contributed by atoms with Crippen LogP contribution in [0.4, 0.5) is 0 Å². The molecule has 180 valence electrons. The minimum atomic E-state index is -3.90. The van der Waals surface area contributed by atoms with Gasteiger partial charge in [0.1, 0.15) is 10.6 Å². The van der Waals surface area contributed by atoms with Crippen LogP contribution in [0.5, 0.6) is 5.75 Å². The largest absolute Gasteiger partial charge is 0.508 e. The van der Waals surface area contributed by atoms with Crippen molar-refractivity contribution in [3.05, 3.63) is 85.1 Å². The van der Waals surface area contributed by atoms with E-state index in [1.165, 1.54) is 32.9 Å². The van der Waals surface area contributed by atoms with E-state index < -0.39 is 20.0 Å². The summed E-state index contributed by atoms with van der Waals surface area (Å²) in [6, 6.07) is 21.6. The zero-order chi connectivity index (χ0) is 24.6. The molecule has 0 bridgehead atoms. The first-order valence-electron chi connectivity index (χ1n) is 11.0. The summed E-state index contributed by atoms with van der Waals surface area (Å²) in [5.74, 6) is 0.0384. The zero-order valence-electron chi connectivity index (χ0n) is 18.6. The second-order valence-electron chi connectivity index (χ2n) is 8.19. The number of aromatic nitrogens is 1. The molecule has 0 spiro atoms. The third-order valence-corrected chi connectivity index (χ3v) is 9.96. The van der Waals surface area contributed by atoms with E-state index in [-0.39, 0.29) is 41.7 Å². The number of sulfonamides is 2. The normalized spacial score (nSPS) is 15.9. The van der Waals surface area contributed by atoms with Crippen molar-refractivity contribution in [1.82, 2.24) is 13.6 Å². The van der Waals surface area contributed by atoms with Gasteiger partial charge in [0.2, 0.25) is 20.0 Å². The maximum absolute atomic E-state index is 13.6. The summed E-state index contributed by atoms with van der Waals surface area (Å²) in [4.78, 5) is 4.47. The predicted molar refractivity (Wildman–Crippen MR) is 133 cm³/mol. The van der Waals surface area contributed by atoms with Gasteiger partial charge in [-0.25, -0.2) is 16.8 Å². The molecule has 3 aromatic carbocycles. The minimum Gasteiger partial charge on any atom is -0.508 e. The number of nitrogens with zero attached hydrogens (tertiary/aromatic N) is 3. The Hall–Kier alpha value is -3.31. The number of hydrogen-bond donors (Lipinski definition) is 1. The molecule has 0 unspecified atom stereocenters. The standard InChI is InChI=1S/C25H23N3O5S2/c29-21-9-3-7-20(18-21)22-10-1-2-11-23(22)34(30,31)27-14-16-28(17-15-27)35(32,33)24-12-4-6-19-8-5-13-26-25(19)24/h1-13,18,29H,14-17H2. The molecule has 10 heteroatoms. The Morgan fingerprint density at radius 3 is 2.00 bits per heavy atom. The number of rotatable bonds is 5. The lowest BCUT2D eigenvalue weighted by Gasteiger charge is -2.33. The molecule has 0 atom stereocenters. The van der Waals surface area contributed by atoms with E-state index in [9.17, 15) is 21.9 Å². The molecule has 4 aromatic rings. The molecule has 0 amide bonds. The fourth-order valence-corrected chi connectivity index (χ4v) is 7.54. The van der Waals surface area contributed by atoms with E-state index in [0.717, 1.165) is 5.39 Å². The molecule has 1 saturated heterocycles. The lowest BCUT2D eigenvalue weighted by molar-refractivity contribution is 0.273. The minimum absolute atomic E-state index is 0.0220. The van der Waals surface area contributed by atoms with Gasteiger partial charge in [-0.3, -0.25) is 4.98 Å². The van der Waals surface area contributed by atoms with E-state index in [4.69, 9.17) is 0 Å². The van der Waals surface area contributed by atoms with Crippen molar-refractivity contribution in [2.75, 3.05) is 26.2 Å². The highest BCUT2D eigenvalue weighted by Crippen LogP contribution is 2.32. The number of phenols is 1. The van der Waals surface area contributed by atoms with Gasteiger partial charge in [0.05, 0.1) is 10.4 Å². The van der Waals surface area contributed by atoms with Crippen LogP contribution >= 0.6 is 0 Å². The van der Waals surface area contributed by atoms with Crippen molar-refractivity contribution in [2.24, 2.45) is 0 Å². The Morgan fingerprint density at radius 1 is 0.686 bits per heavy atom. The maximum atomic E-state index is 13.6. The first kappa shape index (κ1) is 23.4. The molecule has 1 aliphatic heterocycles. The molecule has 1 aromatic heterocycles. The molecule has 1 aliphatic rings. The Balaban J connectivity index is 1.41. The van der Waals surface area contributed by atoms with Crippen LogP contribution in [-0.4, -0.2) is 61.7 Å². The summed E-state index contributed by atoms with van der Waals surface area (Å²) < 4.78 is 56.5.